The van der Waals surface area contributed by atoms with Crippen LogP contribution in [0.3, 0.4) is 0 Å². The van der Waals surface area contributed by atoms with Crippen molar-refractivity contribution in [2.45, 2.75) is 32.6 Å². The van der Waals surface area contributed by atoms with E-state index in [0.29, 0.717) is 16.3 Å². The Hall–Kier alpha value is -1.23. The van der Waals surface area contributed by atoms with Gasteiger partial charge in [-0.05, 0) is 18.8 Å². The van der Waals surface area contributed by atoms with E-state index in [9.17, 15) is 4.79 Å². The first-order chi connectivity index (χ1) is 9.04. The molecule has 0 aliphatic heterocycles. The summed E-state index contributed by atoms with van der Waals surface area (Å²) in [6, 6.07) is 0. The summed E-state index contributed by atoms with van der Waals surface area (Å²) >= 11 is 1.44. The summed E-state index contributed by atoms with van der Waals surface area (Å²) in [6.07, 6.45) is 5.27. The minimum atomic E-state index is 0.00122. The highest BCUT2D eigenvalue weighted by atomic mass is 32.1. The van der Waals surface area contributed by atoms with Gasteiger partial charge in [0.05, 0.1) is 17.7 Å². The zero-order valence-corrected chi connectivity index (χ0v) is 12.7. The van der Waals surface area contributed by atoms with E-state index in [1.807, 2.05) is 0 Å². The highest BCUT2D eigenvalue weighted by Crippen LogP contribution is 2.45. The van der Waals surface area contributed by atoms with Gasteiger partial charge in [0.15, 0.2) is 11.5 Å². The normalized spacial score (nSPS) is 15.7. The van der Waals surface area contributed by atoms with Gasteiger partial charge in [-0.25, -0.2) is 0 Å². The van der Waals surface area contributed by atoms with Gasteiger partial charge in [-0.2, -0.15) is 0 Å². The van der Waals surface area contributed by atoms with E-state index in [-0.39, 0.29) is 5.78 Å². The van der Waals surface area contributed by atoms with Gasteiger partial charge in [0.2, 0.25) is 0 Å². The molecular formula is C14H22N2O2S. The first kappa shape index (κ1) is 14.2. The number of nitrogens with zero attached hydrogens (tertiary/aromatic N) is 1. The molecule has 1 heterocycles. The number of methoxy groups -OCH3 is 1. The van der Waals surface area contributed by atoms with E-state index >= 15 is 0 Å². The Morgan fingerprint density at radius 2 is 2.11 bits per heavy atom. The fourth-order valence-electron chi connectivity index (χ4n) is 2.79. The molecule has 1 aliphatic carbocycles. The summed E-state index contributed by atoms with van der Waals surface area (Å²) in [4.78, 5) is 14.4. The third kappa shape index (κ3) is 2.86. The number of anilines is 2. The van der Waals surface area contributed by atoms with Crippen LogP contribution in [0.4, 0.5) is 10.7 Å². The highest BCUT2D eigenvalue weighted by Gasteiger charge is 2.24. The van der Waals surface area contributed by atoms with Gasteiger partial charge < -0.3 is 15.4 Å². The Labute approximate surface area is 118 Å². The summed E-state index contributed by atoms with van der Waals surface area (Å²) < 4.78 is 5.38. The van der Waals surface area contributed by atoms with Crippen LogP contribution in [0.15, 0.2) is 0 Å². The number of ether oxygens (including phenoxy) is 1. The lowest BCUT2D eigenvalue weighted by Gasteiger charge is -2.22. The second-order valence-corrected chi connectivity index (χ2v) is 6.27. The number of thiophene rings is 1. The zero-order chi connectivity index (χ0) is 14.0. The quantitative estimate of drug-likeness (QED) is 0.843. The summed E-state index contributed by atoms with van der Waals surface area (Å²) in [5.41, 5.74) is 6.48. The second kappa shape index (κ2) is 5.82. The molecule has 1 fully saturated rings. The van der Waals surface area contributed by atoms with Crippen molar-refractivity contribution in [3.63, 3.8) is 0 Å². The lowest BCUT2D eigenvalue weighted by Crippen LogP contribution is -2.23. The molecule has 106 valence electrons. The van der Waals surface area contributed by atoms with Gasteiger partial charge in [-0.15, -0.1) is 11.3 Å². The van der Waals surface area contributed by atoms with E-state index in [0.717, 1.165) is 17.5 Å². The van der Waals surface area contributed by atoms with Gasteiger partial charge >= 0.3 is 0 Å². The predicted octanol–water partition coefficient (Wildman–Crippen LogP) is 3.17. The Morgan fingerprint density at radius 3 is 2.63 bits per heavy atom. The number of hydrogen-bond donors (Lipinski definition) is 1. The third-order valence-corrected chi connectivity index (χ3v) is 5.16. The molecule has 0 atom stereocenters. The number of carbonyl (C=O) groups excluding carboxylic acids is 1. The van der Waals surface area contributed by atoms with Crippen LogP contribution < -0.4 is 15.4 Å². The molecule has 2 N–H and O–H groups in total. The molecule has 5 heteroatoms. The number of nitrogen functional groups attached to an aromatic ring is 1. The van der Waals surface area contributed by atoms with E-state index in [1.54, 1.807) is 14.0 Å². The monoisotopic (exact) mass is 282 g/mol. The molecule has 1 aliphatic rings. The fourth-order valence-corrected chi connectivity index (χ4v) is 3.85. The number of Topliss-reactive ketones (excluding diaryl/α,β-unsaturated/α-hetero) is 1. The lowest BCUT2D eigenvalue weighted by atomic mass is 10.1. The average molecular weight is 282 g/mol. The average Bonchev–Trinajstić information content (AvgIpc) is 2.96. The van der Waals surface area contributed by atoms with E-state index in [2.05, 4.69) is 11.9 Å². The molecule has 1 saturated carbocycles. The van der Waals surface area contributed by atoms with E-state index < -0.39 is 0 Å². The molecule has 0 saturated heterocycles. The summed E-state index contributed by atoms with van der Waals surface area (Å²) in [7, 11) is 3.66. The number of nitrogens with two attached hydrogens (primary N) is 1. The van der Waals surface area contributed by atoms with Crippen molar-refractivity contribution in [3.05, 3.63) is 4.88 Å². The topological polar surface area (TPSA) is 55.6 Å². The fraction of sp³-hybridized carbons (Fsp3) is 0.643. The Kier molecular flexibility index (Phi) is 4.34. The molecule has 19 heavy (non-hydrogen) atoms. The van der Waals surface area contributed by atoms with Crippen LogP contribution in [0.5, 0.6) is 5.75 Å². The summed E-state index contributed by atoms with van der Waals surface area (Å²) in [5.74, 6) is 1.40. The van der Waals surface area contributed by atoms with Gasteiger partial charge in [0.1, 0.15) is 5.00 Å². The maximum Gasteiger partial charge on any atom is 0.177 e. The van der Waals surface area contributed by atoms with E-state index in [4.69, 9.17) is 10.5 Å². The van der Waals surface area contributed by atoms with Gasteiger partial charge in [-0.1, -0.05) is 12.8 Å². The van der Waals surface area contributed by atoms with Crippen LogP contribution >= 0.6 is 11.3 Å². The molecule has 0 aromatic carbocycles. The molecule has 2 rings (SSSR count). The minimum absolute atomic E-state index is 0.00122. The molecule has 0 unspecified atom stereocenters. The van der Waals surface area contributed by atoms with Gasteiger partial charge in [0.25, 0.3) is 0 Å². The van der Waals surface area contributed by atoms with Crippen molar-refractivity contribution in [2.75, 3.05) is 31.3 Å². The number of carbonyl (C=O) groups is 1. The van der Waals surface area contributed by atoms with Crippen molar-refractivity contribution >= 4 is 27.8 Å². The maximum absolute atomic E-state index is 11.6. The SMILES string of the molecule is COc1c(N(C)CC2CCCC2)sc(C(C)=O)c1N. The summed E-state index contributed by atoms with van der Waals surface area (Å²) in [6.45, 7) is 2.55. The smallest absolute Gasteiger partial charge is 0.177 e. The van der Waals surface area contributed by atoms with Crippen LogP contribution in [0.25, 0.3) is 0 Å². The number of ketones is 1. The van der Waals surface area contributed by atoms with Gasteiger partial charge in [0, 0.05) is 20.5 Å². The third-order valence-electron chi connectivity index (χ3n) is 3.76. The van der Waals surface area contributed by atoms with E-state index in [1.165, 1.54) is 37.0 Å². The molecule has 0 spiro atoms. The molecule has 1 aromatic rings. The summed E-state index contributed by atoms with van der Waals surface area (Å²) in [5, 5.41) is 0.970. The van der Waals surface area contributed by atoms with Crippen LogP contribution in [0, 0.1) is 5.92 Å². The number of hydrogen-bond acceptors (Lipinski definition) is 5. The van der Waals surface area contributed by atoms with Crippen molar-refractivity contribution < 1.29 is 9.53 Å². The van der Waals surface area contributed by atoms with Gasteiger partial charge in [-0.3, -0.25) is 4.79 Å². The van der Waals surface area contributed by atoms with Crippen molar-refractivity contribution in [1.29, 1.82) is 0 Å². The zero-order valence-electron chi connectivity index (χ0n) is 11.9. The largest absolute Gasteiger partial charge is 0.492 e. The Morgan fingerprint density at radius 1 is 1.47 bits per heavy atom. The van der Waals surface area contributed by atoms with Crippen LogP contribution in [-0.2, 0) is 0 Å². The van der Waals surface area contributed by atoms with Crippen LogP contribution in [0.2, 0.25) is 0 Å². The Balaban J connectivity index is 2.22. The molecule has 1 aromatic heterocycles. The first-order valence-corrected chi connectivity index (χ1v) is 7.54. The van der Waals surface area contributed by atoms with Crippen molar-refractivity contribution in [1.82, 2.24) is 0 Å². The standard InChI is InChI=1S/C14H22N2O2S/c1-9(17)13-11(15)12(18-3)14(19-13)16(2)8-10-6-4-5-7-10/h10H,4-8,15H2,1-3H3. The molecular weight excluding hydrogens is 260 g/mol. The van der Waals surface area contributed by atoms with Crippen LogP contribution in [0.1, 0.15) is 42.3 Å². The van der Waals surface area contributed by atoms with Crippen LogP contribution in [-0.4, -0.2) is 26.5 Å². The molecule has 0 amide bonds. The van der Waals surface area contributed by atoms with Crippen molar-refractivity contribution in [2.24, 2.45) is 5.92 Å². The minimum Gasteiger partial charge on any atom is -0.492 e. The van der Waals surface area contributed by atoms with Crippen molar-refractivity contribution in [3.8, 4) is 5.75 Å². The molecule has 0 radical (unpaired) electrons. The molecule has 0 bridgehead atoms. The lowest BCUT2D eigenvalue weighted by molar-refractivity contribution is 0.102. The maximum atomic E-state index is 11.6. The first-order valence-electron chi connectivity index (χ1n) is 6.73. The highest BCUT2D eigenvalue weighted by molar-refractivity contribution is 7.19. The molecule has 4 nitrogen and oxygen atoms in total. The Bertz CT molecular complexity index is 464. The second-order valence-electron chi connectivity index (χ2n) is 5.27. The number of rotatable bonds is 5. The predicted molar refractivity (Wildman–Crippen MR) is 80.5 cm³/mol.